The van der Waals surface area contributed by atoms with E-state index in [0.29, 0.717) is 23.2 Å². The van der Waals surface area contributed by atoms with Gasteiger partial charge in [0.15, 0.2) is 0 Å². The maximum absolute atomic E-state index is 11.6. The van der Waals surface area contributed by atoms with Crippen LogP contribution in [0.25, 0.3) is 0 Å². The highest BCUT2D eigenvalue weighted by atomic mass is 16.3. The van der Waals surface area contributed by atoms with Crippen molar-refractivity contribution in [1.82, 2.24) is 0 Å². The SMILES string of the molecule is CC(C)CCC[C@@H](C)[C@H]1CC[C@@H]2[C@H]3CC[C@H]4C[C@@H](O)CC[C@]4(C)[C@H]3[C@@H](O)C[C@@]21C. The van der Waals surface area contributed by atoms with E-state index in [4.69, 9.17) is 0 Å². The summed E-state index contributed by atoms with van der Waals surface area (Å²) in [5.74, 6) is 5.04. The minimum atomic E-state index is -0.132. The molecular formula is C27H48O2. The van der Waals surface area contributed by atoms with Gasteiger partial charge in [-0.05, 0) is 104 Å². The van der Waals surface area contributed by atoms with Gasteiger partial charge in [0.2, 0.25) is 0 Å². The van der Waals surface area contributed by atoms with E-state index in [9.17, 15) is 10.2 Å². The lowest BCUT2D eigenvalue weighted by molar-refractivity contribution is -0.179. The molecule has 4 saturated carbocycles. The van der Waals surface area contributed by atoms with E-state index >= 15 is 0 Å². The quantitative estimate of drug-likeness (QED) is 0.553. The van der Waals surface area contributed by atoms with Gasteiger partial charge in [0.05, 0.1) is 12.2 Å². The number of aliphatic hydroxyl groups excluding tert-OH is 2. The Hall–Kier alpha value is -0.0800. The largest absolute Gasteiger partial charge is 0.393 e. The fourth-order valence-electron chi connectivity index (χ4n) is 9.38. The summed E-state index contributed by atoms with van der Waals surface area (Å²) >= 11 is 0. The van der Waals surface area contributed by atoms with E-state index < -0.39 is 0 Å². The molecule has 10 atom stereocenters. The molecule has 0 amide bonds. The lowest BCUT2D eigenvalue weighted by Gasteiger charge is -2.62. The summed E-state index contributed by atoms with van der Waals surface area (Å²) < 4.78 is 0. The number of hydrogen-bond donors (Lipinski definition) is 2. The van der Waals surface area contributed by atoms with E-state index in [1.54, 1.807) is 0 Å². The molecule has 0 bridgehead atoms. The highest BCUT2D eigenvalue weighted by Gasteiger charge is 2.63. The van der Waals surface area contributed by atoms with Gasteiger partial charge in [-0.1, -0.05) is 53.9 Å². The van der Waals surface area contributed by atoms with Gasteiger partial charge in [0.1, 0.15) is 0 Å². The average Bonchev–Trinajstić information content (AvgIpc) is 2.98. The summed E-state index contributed by atoms with van der Waals surface area (Å²) in [6, 6.07) is 0. The van der Waals surface area contributed by atoms with Crippen molar-refractivity contribution in [3.8, 4) is 0 Å². The van der Waals surface area contributed by atoms with Crippen molar-refractivity contribution in [2.45, 2.75) is 117 Å². The van der Waals surface area contributed by atoms with E-state index in [2.05, 4.69) is 34.6 Å². The predicted molar refractivity (Wildman–Crippen MR) is 120 cm³/mol. The maximum Gasteiger partial charge on any atom is 0.0581 e. The second-order valence-electron chi connectivity index (χ2n) is 12.8. The van der Waals surface area contributed by atoms with Crippen molar-refractivity contribution in [2.24, 2.45) is 52.3 Å². The molecule has 2 nitrogen and oxygen atoms in total. The van der Waals surface area contributed by atoms with E-state index in [1.807, 2.05) is 0 Å². The Labute approximate surface area is 180 Å². The Morgan fingerprint density at radius 1 is 0.897 bits per heavy atom. The second-order valence-corrected chi connectivity index (χ2v) is 12.8. The van der Waals surface area contributed by atoms with Crippen molar-refractivity contribution in [2.75, 3.05) is 0 Å². The van der Waals surface area contributed by atoms with Crippen molar-refractivity contribution in [3.63, 3.8) is 0 Å². The molecule has 0 spiro atoms. The number of hydrogen-bond acceptors (Lipinski definition) is 2. The molecule has 4 fully saturated rings. The summed E-state index contributed by atoms with van der Waals surface area (Å²) in [4.78, 5) is 0. The van der Waals surface area contributed by atoms with Crippen molar-refractivity contribution in [1.29, 1.82) is 0 Å². The summed E-state index contributed by atoms with van der Waals surface area (Å²) in [6.07, 6.45) is 13.3. The number of fused-ring (bicyclic) bond motifs is 5. The highest BCUT2D eigenvalue weighted by Crippen LogP contribution is 2.68. The topological polar surface area (TPSA) is 40.5 Å². The van der Waals surface area contributed by atoms with Crippen molar-refractivity contribution < 1.29 is 10.2 Å². The first-order valence-corrected chi connectivity index (χ1v) is 13.0. The number of aliphatic hydroxyl groups is 2. The standard InChI is InChI=1S/C27H48O2/c1-17(2)7-6-8-18(3)22-11-12-23-21-10-9-19-15-20(28)13-14-26(19,4)25(21)24(29)16-27(22,23)5/h17-25,28-29H,6-16H2,1-5H3/t18-,19+,20+,21-,22-,23-,24+,25-,26+,27-/m1/s1. The fraction of sp³-hybridized carbons (Fsp3) is 1.00. The molecule has 2 N–H and O–H groups in total. The zero-order chi connectivity index (χ0) is 21.0. The molecule has 0 aromatic heterocycles. The van der Waals surface area contributed by atoms with Crippen molar-refractivity contribution in [3.05, 3.63) is 0 Å². The zero-order valence-corrected chi connectivity index (χ0v) is 19.9. The monoisotopic (exact) mass is 404 g/mol. The van der Waals surface area contributed by atoms with E-state index in [1.165, 1.54) is 44.9 Å². The summed E-state index contributed by atoms with van der Waals surface area (Å²) in [5.41, 5.74) is 0.596. The Kier molecular flexibility index (Phi) is 6.19. The van der Waals surface area contributed by atoms with Crippen LogP contribution in [0, 0.1) is 52.3 Å². The number of rotatable bonds is 5. The second kappa shape index (κ2) is 8.12. The van der Waals surface area contributed by atoms with E-state index in [0.717, 1.165) is 49.4 Å². The van der Waals surface area contributed by atoms with Crippen LogP contribution in [0.3, 0.4) is 0 Å². The summed E-state index contributed by atoms with van der Waals surface area (Å²) in [7, 11) is 0. The Balaban J connectivity index is 1.51. The molecule has 0 heterocycles. The molecular weight excluding hydrogens is 356 g/mol. The molecule has 4 aliphatic carbocycles. The van der Waals surface area contributed by atoms with Crippen LogP contribution < -0.4 is 0 Å². The third kappa shape index (κ3) is 3.73. The minimum absolute atomic E-state index is 0.0989. The van der Waals surface area contributed by atoms with Gasteiger partial charge >= 0.3 is 0 Å². The molecule has 4 rings (SSSR count). The summed E-state index contributed by atoms with van der Waals surface area (Å²) in [5, 5.41) is 21.8. The van der Waals surface area contributed by atoms with Crippen LogP contribution in [-0.2, 0) is 0 Å². The van der Waals surface area contributed by atoms with Gasteiger partial charge in [-0.3, -0.25) is 0 Å². The van der Waals surface area contributed by atoms with Crippen LogP contribution >= 0.6 is 0 Å². The molecule has 29 heavy (non-hydrogen) atoms. The highest BCUT2D eigenvalue weighted by molar-refractivity contribution is 5.12. The molecule has 0 aromatic rings. The zero-order valence-electron chi connectivity index (χ0n) is 19.9. The first kappa shape index (κ1) is 22.1. The van der Waals surface area contributed by atoms with Crippen molar-refractivity contribution >= 4 is 0 Å². The van der Waals surface area contributed by atoms with Crippen LogP contribution in [0.4, 0.5) is 0 Å². The van der Waals surface area contributed by atoms with Gasteiger partial charge in [-0.15, -0.1) is 0 Å². The van der Waals surface area contributed by atoms with E-state index in [-0.39, 0.29) is 17.6 Å². The first-order chi connectivity index (χ1) is 13.7. The molecule has 0 unspecified atom stereocenters. The molecule has 0 radical (unpaired) electrons. The fourth-order valence-corrected chi connectivity index (χ4v) is 9.38. The molecule has 0 aliphatic heterocycles. The van der Waals surface area contributed by atoms with Crippen LogP contribution in [0.5, 0.6) is 0 Å². The predicted octanol–water partition coefficient (Wildman–Crippen LogP) is 6.44. The molecule has 168 valence electrons. The Morgan fingerprint density at radius 2 is 1.66 bits per heavy atom. The van der Waals surface area contributed by atoms with Crippen LogP contribution in [0.1, 0.15) is 105 Å². The lowest BCUT2D eigenvalue weighted by Crippen LogP contribution is -2.59. The van der Waals surface area contributed by atoms with Crippen LogP contribution in [-0.4, -0.2) is 22.4 Å². The van der Waals surface area contributed by atoms with Gasteiger partial charge in [0.25, 0.3) is 0 Å². The van der Waals surface area contributed by atoms with Crippen LogP contribution in [0.2, 0.25) is 0 Å². The Bertz CT molecular complexity index is 573. The average molecular weight is 405 g/mol. The van der Waals surface area contributed by atoms with Gasteiger partial charge in [0, 0.05) is 0 Å². The molecule has 0 saturated heterocycles. The van der Waals surface area contributed by atoms with Gasteiger partial charge in [-0.2, -0.15) is 0 Å². The molecule has 2 heteroatoms. The minimum Gasteiger partial charge on any atom is -0.393 e. The smallest absolute Gasteiger partial charge is 0.0581 e. The molecule has 0 aromatic carbocycles. The third-order valence-corrected chi connectivity index (χ3v) is 10.8. The Morgan fingerprint density at radius 3 is 2.38 bits per heavy atom. The van der Waals surface area contributed by atoms with Gasteiger partial charge < -0.3 is 10.2 Å². The normalized spacial score (nSPS) is 50.7. The van der Waals surface area contributed by atoms with Crippen LogP contribution in [0.15, 0.2) is 0 Å². The lowest BCUT2D eigenvalue weighted by atomic mass is 9.43. The first-order valence-electron chi connectivity index (χ1n) is 13.0. The third-order valence-electron chi connectivity index (χ3n) is 10.8. The maximum atomic E-state index is 11.6. The van der Waals surface area contributed by atoms with Gasteiger partial charge in [-0.25, -0.2) is 0 Å². The molecule has 4 aliphatic rings. The summed E-state index contributed by atoms with van der Waals surface area (Å²) in [6.45, 7) is 12.2.